The Labute approximate surface area is 84.5 Å². The van der Waals surface area contributed by atoms with E-state index in [4.69, 9.17) is 5.73 Å². The maximum atomic E-state index is 5.46. The Kier molecular flexibility index (Phi) is 3.14. The monoisotopic (exact) mass is 194 g/mol. The third kappa shape index (κ3) is 2.12. The summed E-state index contributed by atoms with van der Waals surface area (Å²) in [4.78, 5) is 0. The molecule has 4 nitrogen and oxygen atoms in total. The van der Waals surface area contributed by atoms with Gasteiger partial charge in [-0.15, -0.1) is 5.10 Å². The first-order chi connectivity index (χ1) is 6.90. The first-order valence-corrected chi connectivity index (χ1v) is 5.50. The molecule has 0 bridgehead atoms. The molecule has 1 fully saturated rings. The highest BCUT2D eigenvalue weighted by atomic mass is 15.4. The van der Waals surface area contributed by atoms with Crippen LogP contribution in [0.1, 0.15) is 43.7 Å². The molecule has 1 aromatic rings. The zero-order valence-corrected chi connectivity index (χ0v) is 8.52. The standard InChI is InChI=1S/C10H18N4/c11-6-7-14-8-10(12-13-14)9-4-2-1-3-5-9/h8-9H,1-7,11H2. The highest BCUT2D eigenvalue weighted by Gasteiger charge is 2.18. The van der Waals surface area contributed by atoms with Crippen LogP contribution in [0, 0.1) is 0 Å². The maximum Gasteiger partial charge on any atom is 0.0857 e. The van der Waals surface area contributed by atoms with E-state index in [2.05, 4.69) is 16.5 Å². The van der Waals surface area contributed by atoms with E-state index in [0.717, 1.165) is 12.2 Å². The second-order valence-corrected chi connectivity index (χ2v) is 4.03. The van der Waals surface area contributed by atoms with E-state index in [1.165, 1.54) is 32.1 Å². The summed E-state index contributed by atoms with van der Waals surface area (Å²) in [7, 11) is 0. The number of rotatable bonds is 3. The van der Waals surface area contributed by atoms with E-state index in [0.29, 0.717) is 12.5 Å². The molecular formula is C10H18N4. The fraction of sp³-hybridized carbons (Fsp3) is 0.800. The van der Waals surface area contributed by atoms with Gasteiger partial charge in [0.05, 0.1) is 12.2 Å². The Morgan fingerprint density at radius 1 is 1.36 bits per heavy atom. The van der Waals surface area contributed by atoms with E-state index >= 15 is 0 Å². The van der Waals surface area contributed by atoms with Crippen molar-refractivity contribution in [3.63, 3.8) is 0 Å². The normalized spacial score (nSPS) is 18.6. The average molecular weight is 194 g/mol. The van der Waals surface area contributed by atoms with Crippen LogP contribution in [-0.2, 0) is 6.54 Å². The number of aromatic nitrogens is 3. The lowest BCUT2D eigenvalue weighted by atomic mass is 9.87. The molecule has 0 saturated heterocycles. The van der Waals surface area contributed by atoms with Crippen LogP contribution < -0.4 is 5.73 Å². The van der Waals surface area contributed by atoms with E-state index in [1.807, 2.05) is 4.68 Å². The Balaban J connectivity index is 2.00. The molecule has 2 rings (SSSR count). The van der Waals surface area contributed by atoms with Crippen LogP contribution in [0.25, 0.3) is 0 Å². The molecule has 1 saturated carbocycles. The lowest BCUT2D eigenvalue weighted by Crippen LogP contribution is -2.10. The molecule has 1 heterocycles. The maximum absolute atomic E-state index is 5.46. The first kappa shape index (κ1) is 9.65. The predicted octanol–water partition coefficient (Wildman–Crippen LogP) is 1.28. The molecule has 0 amide bonds. The van der Waals surface area contributed by atoms with Gasteiger partial charge in [0.1, 0.15) is 0 Å². The quantitative estimate of drug-likeness (QED) is 0.788. The largest absolute Gasteiger partial charge is 0.329 e. The van der Waals surface area contributed by atoms with Crippen molar-refractivity contribution in [1.82, 2.24) is 15.0 Å². The third-order valence-electron chi connectivity index (χ3n) is 2.94. The van der Waals surface area contributed by atoms with Gasteiger partial charge in [-0.05, 0) is 12.8 Å². The molecule has 1 aromatic heterocycles. The molecule has 2 N–H and O–H groups in total. The van der Waals surface area contributed by atoms with Crippen molar-refractivity contribution in [1.29, 1.82) is 0 Å². The van der Waals surface area contributed by atoms with Crippen molar-refractivity contribution in [3.05, 3.63) is 11.9 Å². The van der Waals surface area contributed by atoms with Crippen LogP contribution in [0.3, 0.4) is 0 Å². The summed E-state index contributed by atoms with van der Waals surface area (Å²) in [5, 5.41) is 8.28. The molecule has 1 aliphatic carbocycles. The van der Waals surface area contributed by atoms with Gasteiger partial charge in [0, 0.05) is 18.7 Å². The van der Waals surface area contributed by atoms with Crippen molar-refractivity contribution < 1.29 is 0 Å². The summed E-state index contributed by atoms with van der Waals surface area (Å²) in [6.07, 6.45) is 8.68. The third-order valence-corrected chi connectivity index (χ3v) is 2.94. The van der Waals surface area contributed by atoms with E-state index in [-0.39, 0.29) is 0 Å². The van der Waals surface area contributed by atoms with Crippen LogP contribution in [-0.4, -0.2) is 21.5 Å². The molecule has 0 atom stereocenters. The van der Waals surface area contributed by atoms with Crippen molar-refractivity contribution in [3.8, 4) is 0 Å². The first-order valence-electron chi connectivity index (χ1n) is 5.50. The Hall–Kier alpha value is -0.900. The summed E-state index contributed by atoms with van der Waals surface area (Å²) >= 11 is 0. The fourth-order valence-electron chi connectivity index (χ4n) is 2.14. The number of nitrogens with zero attached hydrogens (tertiary/aromatic N) is 3. The summed E-state index contributed by atoms with van der Waals surface area (Å²) in [5.41, 5.74) is 6.62. The SMILES string of the molecule is NCCn1cc(C2CCCCC2)nn1. The molecule has 14 heavy (non-hydrogen) atoms. The van der Waals surface area contributed by atoms with Crippen molar-refractivity contribution >= 4 is 0 Å². The molecular weight excluding hydrogens is 176 g/mol. The molecule has 0 radical (unpaired) electrons. The Morgan fingerprint density at radius 3 is 2.86 bits per heavy atom. The lowest BCUT2D eigenvalue weighted by molar-refractivity contribution is 0.436. The molecule has 1 aliphatic rings. The molecule has 0 aliphatic heterocycles. The topological polar surface area (TPSA) is 56.7 Å². The highest BCUT2D eigenvalue weighted by Crippen LogP contribution is 2.30. The minimum atomic E-state index is 0.632. The zero-order chi connectivity index (χ0) is 9.80. The van der Waals surface area contributed by atoms with Gasteiger partial charge in [-0.1, -0.05) is 24.5 Å². The van der Waals surface area contributed by atoms with Crippen molar-refractivity contribution in [2.75, 3.05) is 6.54 Å². The van der Waals surface area contributed by atoms with E-state index in [1.54, 1.807) is 0 Å². The molecule has 0 aromatic carbocycles. The summed E-state index contributed by atoms with van der Waals surface area (Å²) < 4.78 is 1.85. The van der Waals surface area contributed by atoms with Crippen molar-refractivity contribution in [2.45, 2.75) is 44.6 Å². The van der Waals surface area contributed by atoms with E-state index < -0.39 is 0 Å². The van der Waals surface area contributed by atoms with Gasteiger partial charge in [-0.3, -0.25) is 4.68 Å². The number of nitrogens with two attached hydrogens (primary N) is 1. The number of hydrogen-bond acceptors (Lipinski definition) is 3. The Bertz CT molecular complexity index is 275. The average Bonchev–Trinajstić information content (AvgIpc) is 2.68. The van der Waals surface area contributed by atoms with Gasteiger partial charge in [-0.2, -0.15) is 0 Å². The van der Waals surface area contributed by atoms with Crippen LogP contribution >= 0.6 is 0 Å². The van der Waals surface area contributed by atoms with Crippen LogP contribution in [0.4, 0.5) is 0 Å². The van der Waals surface area contributed by atoms with Gasteiger partial charge in [-0.25, -0.2) is 0 Å². The van der Waals surface area contributed by atoms with Crippen LogP contribution in [0.2, 0.25) is 0 Å². The zero-order valence-electron chi connectivity index (χ0n) is 8.52. The second kappa shape index (κ2) is 4.55. The lowest BCUT2D eigenvalue weighted by Gasteiger charge is -2.18. The van der Waals surface area contributed by atoms with Gasteiger partial charge >= 0.3 is 0 Å². The molecule has 0 unspecified atom stereocenters. The number of hydrogen-bond donors (Lipinski definition) is 1. The van der Waals surface area contributed by atoms with E-state index in [9.17, 15) is 0 Å². The molecule has 78 valence electrons. The summed E-state index contributed by atoms with van der Waals surface area (Å²) in [6.45, 7) is 1.41. The smallest absolute Gasteiger partial charge is 0.0857 e. The Morgan fingerprint density at radius 2 is 2.14 bits per heavy atom. The van der Waals surface area contributed by atoms with Gasteiger partial charge in [0.15, 0.2) is 0 Å². The van der Waals surface area contributed by atoms with Crippen LogP contribution in [0.15, 0.2) is 6.20 Å². The predicted molar refractivity (Wildman–Crippen MR) is 54.9 cm³/mol. The minimum absolute atomic E-state index is 0.632. The molecule has 4 heteroatoms. The molecule has 0 spiro atoms. The van der Waals surface area contributed by atoms with Gasteiger partial charge < -0.3 is 5.73 Å². The highest BCUT2D eigenvalue weighted by molar-refractivity contribution is 5.02. The van der Waals surface area contributed by atoms with Crippen LogP contribution in [0.5, 0.6) is 0 Å². The van der Waals surface area contributed by atoms with Crippen molar-refractivity contribution in [2.24, 2.45) is 5.73 Å². The minimum Gasteiger partial charge on any atom is -0.329 e. The summed E-state index contributed by atoms with van der Waals surface area (Å²) in [6, 6.07) is 0. The van der Waals surface area contributed by atoms with Gasteiger partial charge in [0.25, 0.3) is 0 Å². The van der Waals surface area contributed by atoms with Gasteiger partial charge in [0.2, 0.25) is 0 Å². The fourth-order valence-corrected chi connectivity index (χ4v) is 2.14. The second-order valence-electron chi connectivity index (χ2n) is 4.03. The summed E-state index contributed by atoms with van der Waals surface area (Å²) in [5.74, 6) is 0.648.